The number of carbonyl (C=O) groups is 2. The fourth-order valence-electron chi connectivity index (χ4n) is 2.87. The minimum absolute atomic E-state index is 0.0484. The van der Waals surface area contributed by atoms with Gasteiger partial charge in [-0.3, -0.25) is 4.79 Å². The fourth-order valence-corrected chi connectivity index (χ4v) is 2.87. The second-order valence-electron chi connectivity index (χ2n) is 6.21. The Labute approximate surface area is 147 Å². The first-order valence-corrected chi connectivity index (χ1v) is 8.41. The largest absolute Gasteiger partial charge is 0.466 e. The fraction of sp³-hybridized carbons (Fsp3) is 0.421. The number of hydrogen-bond acceptors (Lipinski definition) is 4. The number of nitrogens with zero attached hydrogens (tertiary/aromatic N) is 2. The van der Waals surface area contributed by atoms with E-state index in [0.29, 0.717) is 13.0 Å². The molecule has 1 aromatic carbocycles. The Balaban J connectivity index is 2.12. The number of para-hydroxylation sites is 2. The number of ether oxygens (including phenoxy) is 1. The van der Waals surface area contributed by atoms with Crippen LogP contribution in [0.4, 0.5) is 0 Å². The number of amides is 1. The lowest BCUT2D eigenvalue weighted by Gasteiger charge is -2.23. The van der Waals surface area contributed by atoms with Crippen LogP contribution < -0.4 is 5.32 Å². The van der Waals surface area contributed by atoms with Crippen LogP contribution in [-0.4, -0.2) is 35.1 Å². The Kier molecular flexibility index (Phi) is 6.33. The summed E-state index contributed by atoms with van der Waals surface area (Å²) in [5.41, 5.74) is 1.85. The van der Waals surface area contributed by atoms with Crippen LogP contribution in [0.2, 0.25) is 0 Å². The van der Waals surface area contributed by atoms with Crippen molar-refractivity contribution in [3.05, 3.63) is 42.2 Å². The molecule has 0 fully saturated rings. The quantitative estimate of drug-likeness (QED) is 0.477. The predicted molar refractivity (Wildman–Crippen MR) is 97.1 cm³/mol. The number of rotatable bonds is 7. The van der Waals surface area contributed by atoms with Gasteiger partial charge < -0.3 is 14.6 Å². The second-order valence-corrected chi connectivity index (χ2v) is 6.21. The second kappa shape index (κ2) is 8.46. The number of benzene rings is 1. The summed E-state index contributed by atoms with van der Waals surface area (Å²) in [6, 6.07) is 7.49. The van der Waals surface area contributed by atoms with Gasteiger partial charge in [0.25, 0.3) is 0 Å². The van der Waals surface area contributed by atoms with Gasteiger partial charge in [-0.25, -0.2) is 9.78 Å². The van der Waals surface area contributed by atoms with Gasteiger partial charge >= 0.3 is 5.97 Å². The first-order valence-electron chi connectivity index (χ1n) is 8.41. The van der Waals surface area contributed by atoms with E-state index in [1.165, 1.54) is 13.2 Å². The predicted octanol–water partition coefficient (Wildman–Crippen LogP) is 2.78. The molecule has 1 N–H and O–H groups in total. The highest BCUT2D eigenvalue weighted by molar-refractivity contribution is 5.84. The zero-order valence-corrected chi connectivity index (χ0v) is 15.2. The lowest BCUT2D eigenvalue weighted by atomic mass is 10.0. The van der Waals surface area contributed by atoms with Crippen LogP contribution in [0.25, 0.3) is 11.0 Å². The molecule has 134 valence electrons. The standard InChI is InChI=1S/C19H25N3O3/c1-13(2)18(19(24)20-12-8-7-11-17(23)25-4)22-14(3)21-15-9-5-6-10-16(15)22/h5-7,9-11,13,18H,8,12H2,1-4H3,(H,20,24)/b11-7+. The number of imidazole rings is 1. The van der Waals surface area contributed by atoms with Gasteiger partial charge in [0.15, 0.2) is 0 Å². The van der Waals surface area contributed by atoms with Gasteiger partial charge in [0.05, 0.1) is 18.1 Å². The molecule has 1 amide bonds. The zero-order chi connectivity index (χ0) is 18.4. The van der Waals surface area contributed by atoms with Gasteiger partial charge in [-0.05, 0) is 31.4 Å². The Morgan fingerprint density at radius 3 is 2.72 bits per heavy atom. The molecular weight excluding hydrogens is 318 g/mol. The van der Waals surface area contributed by atoms with E-state index in [1.54, 1.807) is 6.08 Å². The number of esters is 1. The SMILES string of the molecule is COC(=O)/C=C/CCNC(=O)C(C(C)C)n1c(C)nc2ccccc21. The average Bonchev–Trinajstić information content (AvgIpc) is 2.90. The van der Waals surface area contributed by atoms with Gasteiger partial charge in [0.2, 0.25) is 5.91 Å². The van der Waals surface area contributed by atoms with Crippen molar-refractivity contribution in [2.75, 3.05) is 13.7 Å². The minimum Gasteiger partial charge on any atom is -0.466 e. The van der Waals surface area contributed by atoms with Crippen molar-refractivity contribution in [1.82, 2.24) is 14.9 Å². The van der Waals surface area contributed by atoms with E-state index in [1.807, 2.05) is 49.6 Å². The Morgan fingerprint density at radius 2 is 2.04 bits per heavy atom. The lowest BCUT2D eigenvalue weighted by Crippen LogP contribution is -2.36. The highest BCUT2D eigenvalue weighted by Gasteiger charge is 2.26. The number of aryl methyl sites for hydroxylation is 1. The van der Waals surface area contributed by atoms with Crippen LogP contribution in [0, 0.1) is 12.8 Å². The van der Waals surface area contributed by atoms with E-state index in [-0.39, 0.29) is 17.9 Å². The van der Waals surface area contributed by atoms with Gasteiger partial charge in [-0.2, -0.15) is 0 Å². The van der Waals surface area contributed by atoms with Gasteiger partial charge in [0.1, 0.15) is 11.9 Å². The number of carbonyl (C=O) groups excluding carboxylic acids is 2. The third-order valence-corrected chi connectivity index (χ3v) is 4.02. The molecule has 0 radical (unpaired) electrons. The molecule has 0 saturated carbocycles. The average molecular weight is 343 g/mol. The molecule has 6 nitrogen and oxygen atoms in total. The van der Waals surface area contributed by atoms with E-state index < -0.39 is 5.97 Å². The summed E-state index contributed by atoms with van der Waals surface area (Å²) in [4.78, 5) is 28.3. The molecule has 2 rings (SSSR count). The van der Waals surface area contributed by atoms with Crippen LogP contribution in [0.5, 0.6) is 0 Å². The summed E-state index contributed by atoms with van der Waals surface area (Å²) in [6.07, 6.45) is 3.61. The van der Waals surface area contributed by atoms with Crippen molar-refractivity contribution in [3.63, 3.8) is 0 Å². The van der Waals surface area contributed by atoms with Crippen molar-refractivity contribution in [1.29, 1.82) is 0 Å². The summed E-state index contributed by atoms with van der Waals surface area (Å²) in [5, 5.41) is 2.95. The van der Waals surface area contributed by atoms with Gasteiger partial charge in [-0.1, -0.05) is 32.1 Å². The smallest absolute Gasteiger partial charge is 0.330 e. The van der Waals surface area contributed by atoms with Crippen molar-refractivity contribution >= 4 is 22.9 Å². The van der Waals surface area contributed by atoms with Gasteiger partial charge in [-0.15, -0.1) is 0 Å². The molecule has 25 heavy (non-hydrogen) atoms. The summed E-state index contributed by atoms with van der Waals surface area (Å²) in [5.74, 6) is 0.488. The summed E-state index contributed by atoms with van der Waals surface area (Å²) in [7, 11) is 1.33. The van der Waals surface area contributed by atoms with Gasteiger partial charge in [0, 0.05) is 12.6 Å². The van der Waals surface area contributed by atoms with E-state index in [9.17, 15) is 9.59 Å². The molecule has 0 aliphatic rings. The molecule has 1 heterocycles. The Bertz CT molecular complexity index is 777. The number of aromatic nitrogens is 2. The van der Waals surface area contributed by atoms with Crippen molar-refractivity contribution < 1.29 is 14.3 Å². The number of fused-ring (bicyclic) bond motifs is 1. The van der Waals surface area contributed by atoms with Crippen LogP contribution in [-0.2, 0) is 14.3 Å². The first-order chi connectivity index (χ1) is 12.0. The number of hydrogen-bond donors (Lipinski definition) is 1. The molecule has 2 aromatic rings. The summed E-state index contributed by atoms with van der Waals surface area (Å²) >= 11 is 0. The van der Waals surface area contributed by atoms with E-state index >= 15 is 0 Å². The van der Waals surface area contributed by atoms with Crippen molar-refractivity contribution in [2.45, 2.75) is 33.2 Å². The van der Waals surface area contributed by atoms with E-state index in [2.05, 4.69) is 15.0 Å². The molecule has 0 spiro atoms. The monoisotopic (exact) mass is 343 g/mol. The molecule has 6 heteroatoms. The molecule has 1 unspecified atom stereocenters. The normalized spacial score (nSPS) is 12.7. The summed E-state index contributed by atoms with van der Waals surface area (Å²) in [6.45, 7) is 6.42. The number of nitrogens with one attached hydrogen (secondary N) is 1. The van der Waals surface area contributed by atoms with Crippen LogP contribution in [0.15, 0.2) is 36.4 Å². The maximum atomic E-state index is 12.8. The topological polar surface area (TPSA) is 73.2 Å². The van der Waals surface area contributed by atoms with Crippen molar-refractivity contribution in [3.8, 4) is 0 Å². The molecule has 0 bridgehead atoms. The molecule has 0 saturated heterocycles. The zero-order valence-electron chi connectivity index (χ0n) is 15.2. The maximum Gasteiger partial charge on any atom is 0.330 e. The van der Waals surface area contributed by atoms with Crippen LogP contribution in [0.1, 0.15) is 32.1 Å². The Morgan fingerprint density at radius 1 is 1.32 bits per heavy atom. The maximum absolute atomic E-state index is 12.8. The lowest BCUT2D eigenvalue weighted by molar-refractivity contribution is -0.134. The Hall–Kier alpha value is -2.63. The summed E-state index contributed by atoms with van der Waals surface area (Å²) < 4.78 is 6.53. The minimum atomic E-state index is -0.396. The van der Waals surface area contributed by atoms with Crippen LogP contribution in [0.3, 0.4) is 0 Å². The molecule has 1 atom stereocenters. The third kappa shape index (κ3) is 4.47. The molecular formula is C19H25N3O3. The van der Waals surface area contributed by atoms with Crippen LogP contribution >= 0.6 is 0 Å². The first kappa shape index (κ1) is 18.7. The van der Waals surface area contributed by atoms with E-state index in [0.717, 1.165) is 16.9 Å². The molecule has 0 aliphatic heterocycles. The highest BCUT2D eigenvalue weighted by Crippen LogP contribution is 2.26. The van der Waals surface area contributed by atoms with E-state index in [4.69, 9.17) is 0 Å². The van der Waals surface area contributed by atoms with Crippen molar-refractivity contribution in [2.24, 2.45) is 5.92 Å². The molecule has 0 aliphatic carbocycles. The third-order valence-electron chi connectivity index (χ3n) is 4.02. The molecule has 1 aromatic heterocycles. The number of methoxy groups -OCH3 is 1. The highest BCUT2D eigenvalue weighted by atomic mass is 16.5.